The van der Waals surface area contributed by atoms with Crippen LogP contribution in [0.25, 0.3) is 0 Å². The van der Waals surface area contributed by atoms with Gasteiger partial charge >= 0.3 is 0 Å². The molecule has 34 heavy (non-hydrogen) atoms. The number of benzene rings is 1. The van der Waals surface area contributed by atoms with Crippen LogP contribution in [-0.4, -0.2) is 0 Å². The van der Waals surface area contributed by atoms with Gasteiger partial charge in [-0.3, -0.25) is 0 Å². The molecule has 0 spiro atoms. The molecule has 0 amide bonds. The van der Waals surface area contributed by atoms with Gasteiger partial charge in [0.05, 0.1) is 0 Å². The Labute approximate surface area is 213 Å². The monoisotopic (exact) mass is 464 g/mol. The fourth-order valence-electron chi connectivity index (χ4n) is 8.08. The van der Waals surface area contributed by atoms with Crippen molar-refractivity contribution in [2.24, 2.45) is 29.6 Å². The van der Waals surface area contributed by atoms with Gasteiger partial charge in [0.15, 0.2) is 0 Å². The van der Waals surface area contributed by atoms with Crippen molar-refractivity contribution >= 4 is 0 Å². The molecule has 0 radical (unpaired) electrons. The molecule has 5 unspecified atom stereocenters. The fraction of sp³-hybridized carbons (Fsp3) is 0.824. The number of fused-ring (bicyclic) bond motifs is 2. The highest BCUT2D eigenvalue weighted by Crippen LogP contribution is 2.49. The van der Waals surface area contributed by atoms with Crippen LogP contribution in [0.1, 0.15) is 146 Å². The van der Waals surface area contributed by atoms with E-state index in [0.29, 0.717) is 0 Å². The van der Waals surface area contributed by atoms with Gasteiger partial charge in [0, 0.05) is 0 Å². The molecule has 5 atom stereocenters. The second-order valence-corrected chi connectivity index (χ2v) is 12.7. The summed E-state index contributed by atoms with van der Waals surface area (Å²) >= 11 is 0. The van der Waals surface area contributed by atoms with Gasteiger partial charge in [-0.25, -0.2) is 0 Å². The Bertz CT molecular complexity index is 702. The van der Waals surface area contributed by atoms with E-state index in [4.69, 9.17) is 0 Å². The quantitative estimate of drug-likeness (QED) is 0.255. The molecule has 3 aliphatic carbocycles. The van der Waals surface area contributed by atoms with Crippen LogP contribution in [0.4, 0.5) is 0 Å². The zero-order valence-corrected chi connectivity index (χ0v) is 23.0. The summed E-state index contributed by atoms with van der Waals surface area (Å²) in [5.74, 6) is 5.23. The third-order valence-electron chi connectivity index (χ3n) is 10.3. The van der Waals surface area contributed by atoms with E-state index in [2.05, 4.69) is 32.0 Å². The number of aryl methyl sites for hydroxylation is 2. The summed E-state index contributed by atoms with van der Waals surface area (Å²) in [4.78, 5) is 0. The average molecular weight is 465 g/mol. The molecule has 4 rings (SSSR count). The SMILES string of the molecule is CCCCCCCc1ccc2c(c1)CCC(C1CCC3CC(CCCCCCC)CCC3C1)C2. The largest absolute Gasteiger partial charge is 0.0654 e. The number of unbranched alkanes of at least 4 members (excludes halogenated alkanes) is 8. The molecule has 3 aliphatic rings. The first kappa shape index (κ1) is 26.3. The zero-order chi connectivity index (χ0) is 23.6. The van der Waals surface area contributed by atoms with Gasteiger partial charge in [-0.2, -0.15) is 0 Å². The molecule has 1 aromatic carbocycles. The van der Waals surface area contributed by atoms with Gasteiger partial charge in [0.2, 0.25) is 0 Å². The molecule has 0 nitrogen and oxygen atoms in total. The van der Waals surface area contributed by atoms with Crippen molar-refractivity contribution in [3.05, 3.63) is 34.9 Å². The lowest BCUT2D eigenvalue weighted by molar-refractivity contribution is 0.0690. The number of hydrogen-bond donors (Lipinski definition) is 0. The summed E-state index contributed by atoms with van der Waals surface area (Å²) < 4.78 is 0. The van der Waals surface area contributed by atoms with Gasteiger partial charge < -0.3 is 0 Å². The fourth-order valence-corrected chi connectivity index (χ4v) is 8.08. The maximum Gasteiger partial charge on any atom is -0.0245 e. The number of hydrogen-bond acceptors (Lipinski definition) is 0. The summed E-state index contributed by atoms with van der Waals surface area (Å²) in [6.07, 6.45) is 30.7. The Morgan fingerprint density at radius 1 is 0.618 bits per heavy atom. The van der Waals surface area contributed by atoms with E-state index in [9.17, 15) is 0 Å². The first-order chi connectivity index (χ1) is 16.8. The molecule has 0 aliphatic heterocycles. The Hall–Kier alpha value is -0.780. The van der Waals surface area contributed by atoms with E-state index >= 15 is 0 Å². The lowest BCUT2D eigenvalue weighted by Gasteiger charge is -2.45. The average Bonchev–Trinajstić information content (AvgIpc) is 2.87. The third kappa shape index (κ3) is 7.61. The molecule has 0 heteroatoms. The zero-order valence-electron chi connectivity index (χ0n) is 23.0. The molecule has 2 saturated carbocycles. The van der Waals surface area contributed by atoms with E-state index in [1.54, 1.807) is 55.2 Å². The molecular weight excluding hydrogens is 408 g/mol. The molecule has 2 fully saturated rings. The van der Waals surface area contributed by atoms with Gasteiger partial charge in [-0.05, 0) is 110 Å². The maximum absolute atomic E-state index is 2.59. The minimum Gasteiger partial charge on any atom is -0.0654 e. The van der Waals surface area contributed by atoms with E-state index in [1.165, 1.54) is 96.3 Å². The van der Waals surface area contributed by atoms with E-state index in [0.717, 1.165) is 29.6 Å². The Morgan fingerprint density at radius 3 is 2.09 bits per heavy atom. The van der Waals surface area contributed by atoms with Crippen LogP contribution >= 0.6 is 0 Å². The minimum atomic E-state index is 0.977. The Balaban J connectivity index is 1.19. The Morgan fingerprint density at radius 2 is 1.29 bits per heavy atom. The highest BCUT2D eigenvalue weighted by Gasteiger charge is 2.38. The van der Waals surface area contributed by atoms with E-state index in [-0.39, 0.29) is 0 Å². The van der Waals surface area contributed by atoms with Crippen LogP contribution in [0.5, 0.6) is 0 Å². The molecule has 0 bridgehead atoms. The molecule has 1 aromatic rings. The van der Waals surface area contributed by atoms with E-state index in [1.807, 2.05) is 0 Å². The predicted octanol–water partition coefficient (Wildman–Crippen LogP) is 10.5. The van der Waals surface area contributed by atoms with Crippen molar-refractivity contribution in [3.8, 4) is 0 Å². The summed E-state index contributed by atoms with van der Waals surface area (Å²) in [6, 6.07) is 7.59. The Kier molecular flexibility index (Phi) is 10.9. The first-order valence-corrected chi connectivity index (χ1v) is 15.9. The lowest BCUT2D eigenvalue weighted by atomic mass is 9.61. The standard InChI is InChI=1S/C34H56/c1-3-5-7-9-11-13-27-15-17-31-25-33(21-19-29(31)23-27)34-22-20-30-24-28(16-18-32(30)26-34)14-12-10-8-6-4-2/h15,17,23,28,30,32-34H,3-14,16,18-22,24-26H2,1-2H3. The van der Waals surface area contributed by atoms with Crippen LogP contribution in [0.15, 0.2) is 18.2 Å². The predicted molar refractivity (Wildman–Crippen MR) is 149 cm³/mol. The summed E-state index contributed by atoms with van der Waals surface area (Å²) in [5, 5.41) is 0. The summed E-state index contributed by atoms with van der Waals surface area (Å²) in [7, 11) is 0. The molecule has 0 aromatic heterocycles. The first-order valence-electron chi connectivity index (χ1n) is 15.9. The van der Waals surface area contributed by atoms with Crippen LogP contribution < -0.4 is 0 Å². The molecule has 0 saturated heterocycles. The van der Waals surface area contributed by atoms with Crippen LogP contribution in [0.2, 0.25) is 0 Å². The van der Waals surface area contributed by atoms with Crippen molar-refractivity contribution in [2.75, 3.05) is 0 Å². The van der Waals surface area contributed by atoms with Crippen molar-refractivity contribution in [1.82, 2.24) is 0 Å². The van der Waals surface area contributed by atoms with Gasteiger partial charge in [-0.15, -0.1) is 0 Å². The topological polar surface area (TPSA) is 0 Å². The van der Waals surface area contributed by atoms with E-state index < -0.39 is 0 Å². The van der Waals surface area contributed by atoms with Crippen LogP contribution in [0.3, 0.4) is 0 Å². The minimum absolute atomic E-state index is 0.977. The highest BCUT2D eigenvalue weighted by molar-refractivity contribution is 5.34. The normalized spacial score (nSPS) is 28.9. The second-order valence-electron chi connectivity index (χ2n) is 12.7. The summed E-state index contributed by atoms with van der Waals surface area (Å²) in [6.45, 7) is 4.64. The van der Waals surface area contributed by atoms with Gasteiger partial charge in [0.25, 0.3) is 0 Å². The molecule has 0 N–H and O–H groups in total. The summed E-state index contributed by atoms with van der Waals surface area (Å²) in [5.41, 5.74) is 5.02. The third-order valence-corrected chi connectivity index (χ3v) is 10.3. The van der Waals surface area contributed by atoms with Crippen molar-refractivity contribution < 1.29 is 0 Å². The van der Waals surface area contributed by atoms with Crippen molar-refractivity contribution in [2.45, 2.75) is 149 Å². The smallest absolute Gasteiger partial charge is 0.0245 e. The van der Waals surface area contributed by atoms with Crippen LogP contribution in [0, 0.1) is 29.6 Å². The number of rotatable bonds is 13. The lowest BCUT2D eigenvalue weighted by Crippen LogP contribution is -2.35. The van der Waals surface area contributed by atoms with Gasteiger partial charge in [-0.1, -0.05) is 103 Å². The molecule has 192 valence electrons. The van der Waals surface area contributed by atoms with Gasteiger partial charge in [0.1, 0.15) is 0 Å². The van der Waals surface area contributed by atoms with Crippen LogP contribution in [-0.2, 0) is 19.3 Å². The highest BCUT2D eigenvalue weighted by atomic mass is 14.4. The second kappa shape index (κ2) is 14.1. The maximum atomic E-state index is 2.59. The molecule has 0 heterocycles. The van der Waals surface area contributed by atoms with Crippen molar-refractivity contribution in [3.63, 3.8) is 0 Å². The van der Waals surface area contributed by atoms with Crippen molar-refractivity contribution in [1.29, 1.82) is 0 Å². The molecular formula is C34H56.